The van der Waals surface area contributed by atoms with Gasteiger partial charge in [0.2, 0.25) is 5.88 Å². The minimum atomic E-state index is -0.283. The van der Waals surface area contributed by atoms with Crippen LogP contribution in [0, 0.1) is 0 Å². The molecule has 6 heteroatoms. The molecule has 5 nitrogen and oxygen atoms in total. The van der Waals surface area contributed by atoms with Crippen LogP contribution in [0.4, 0.5) is 0 Å². The molecule has 0 saturated heterocycles. The Bertz CT molecular complexity index is 326. The minimum Gasteiger partial charge on any atom is -0.477 e. The lowest BCUT2D eigenvalue weighted by Gasteiger charge is -2.03. The zero-order chi connectivity index (χ0) is 9.68. The summed E-state index contributed by atoms with van der Waals surface area (Å²) in [6.07, 6.45) is 1.78. The Morgan fingerprint density at radius 1 is 1.69 bits per heavy atom. The van der Waals surface area contributed by atoms with Gasteiger partial charge in [0.05, 0.1) is 12.9 Å². The van der Waals surface area contributed by atoms with Crippen molar-refractivity contribution in [3.63, 3.8) is 0 Å². The molecule has 0 aliphatic heterocycles. The highest BCUT2D eigenvalue weighted by Gasteiger charge is 2.05. The lowest BCUT2D eigenvalue weighted by atomic mass is 10.5. The van der Waals surface area contributed by atoms with Crippen molar-refractivity contribution >= 4 is 15.9 Å². The first kappa shape index (κ1) is 10.2. The van der Waals surface area contributed by atoms with Gasteiger partial charge in [0.15, 0.2) is 0 Å². The molecule has 0 aliphatic rings. The van der Waals surface area contributed by atoms with Crippen molar-refractivity contribution in [2.24, 2.45) is 0 Å². The van der Waals surface area contributed by atoms with E-state index >= 15 is 0 Å². The smallest absolute Gasteiger partial charge is 0.268 e. The first-order valence-corrected chi connectivity index (χ1v) is 4.52. The van der Waals surface area contributed by atoms with Gasteiger partial charge in [0, 0.05) is 13.0 Å². The number of H-pyrrole nitrogens is 1. The molecule has 1 rings (SSSR count). The number of aliphatic hydroxyl groups excluding tert-OH is 1. The van der Waals surface area contributed by atoms with E-state index in [1.165, 1.54) is 6.33 Å². The van der Waals surface area contributed by atoms with E-state index in [1.807, 2.05) is 0 Å². The van der Waals surface area contributed by atoms with E-state index in [4.69, 9.17) is 9.84 Å². The van der Waals surface area contributed by atoms with Crippen LogP contribution in [0.15, 0.2) is 15.6 Å². The van der Waals surface area contributed by atoms with Crippen LogP contribution in [-0.4, -0.2) is 28.3 Å². The second-order valence-electron chi connectivity index (χ2n) is 2.28. The van der Waals surface area contributed by atoms with E-state index in [9.17, 15) is 4.79 Å². The van der Waals surface area contributed by atoms with Gasteiger partial charge in [-0.3, -0.25) is 4.79 Å². The van der Waals surface area contributed by atoms with Gasteiger partial charge in [0.1, 0.15) is 4.47 Å². The zero-order valence-electron chi connectivity index (χ0n) is 6.79. The minimum absolute atomic E-state index is 0.0564. The number of rotatable bonds is 4. The SMILES string of the molecule is O=c1[nH]cnc(OCCCO)c1Br. The molecule has 0 aliphatic carbocycles. The maximum atomic E-state index is 11.0. The third-order valence-corrected chi connectivity index (χ3v) is 2.01. The molecule has 0 saturated carbocycles. The first-order valence-electron chi connectivity index (χ1n) is 3.72. The summed E-state index contributed by atoms with van der Waals surface area (Å²) in [6.45, 7) is 0.395. The molecule has 0 bridgehead atoms. The zero-order valence-corrected chi connectivity index (χ0v) is 8.37. The largest absolute Gasteiger partial charge is 0.477 e. The molecule has 0 atom stereocenters. The van der Waals surface area contributed by atoms with Crippen LogP contribution >= 0.6 is 15.9 Å². The molecule has 0 aromatic carbocycles. The summed E-state index contributed by atoms with van der Waals surface area (Å²) in [5.74, 6) is 0.247. The number of halogens is 1. The van der Waals surface area contributed by atoms with Crippen molar-refractivity contribution in [2.45, 2.75) is 6.42 Å². The molecule has 0 fully saturated rings. The highest BCUT2D eigenvalue weighted by atomic mass is 79.9. The van der Waals surface area contributed by atoms with Gasteiger partial charge in [0.25, 0.3) is 5.56 Å². The predicted octanol–water partition coefficient (Wildman–Crippen LogP) is 0.294. The van der Waals surface area contributed by atoms with Gasteiger partial charge in [-0.15, -0.1) is 0 Å². The molecular formula is C7H9BrN2O3. The Morgan fingerprint density at radius 2 is 2.46 bits per heavy atom. The number of aromatic nitrogens is 2. The molecule has 72 valence electrons. The van der Waals surface area contributed by atoms with Crippen molar-refractivity contribution < 1.29 is 9.84 Å². The lowest BCUT2D eigenvalue weighted by Crippen LogP contribution is -2.10. The van der Waals surface area contributed by atoms with Gasteiger partial charge in [-0.2, -0.15) is 0 Å². The average Bonchev–Trinajstić information content (AvgIpc) is 2.13. The van der Waals surface area contributed by atoms with Crippen LogP contribution < -0.4 is 10.3 Å². The molecular weight excluding hydrogens is 240 g/mol. The monoisotopic (exact) mass is 248 g/mol. The predicted molar refractivity (Wildman–Crippen MR) is 49.8 cm³/mol. The molecule has 0 amide bonds. The molecule has 1 heterocycles. The van der Waals surface area contributed by atoms with Crippen LogP contribution in [-0.2, 0) is 0 Å². The fraction of sp³-hybridized carbons (Fsp3) is 0.429. The Morgan fingerprint density at radius 3 is 3.15 bits per heavy atom. The molecule has 13 heavy (non-hydrogen) atoms. The number of hydrogen-bond donors (Lipinski definition) is 2. The third-order valence-electron chi connectivity index (χ3n) is 1.31. The van der Waals surface area contributed by atoms with Gasteiger partial charge in [-0.25, -0.2) is 4.98 Å². The lowest BCUT2D eigenvalue weighted by molar-refractivity contribution is 0.228. The Balaban J connectivity index is 2.66. The molecule has 0 unspecified atom stereocenters. The highest BCUT2D eigenvalue weighted by Crippen LogP contribution is 2.15. The van der Waals surface area contributed by atoms with Crippen LogP contribution in [0.25, 0.3) is 0 Å². The van der Waals surface area contributed by atoms with Crippen LogP contribution in [0.2, 0.25) is 0 Å². The fourth-order valence-electron chi connectivity index (χ4n) is 0.701. The molecule has 0 radical (unpaired) electrons. The van der Waals surface area contributed by atoms with E-state index in [1.54, 1.807) is 0 Å². The van der Waals surface area contributed by atoms with Crippen LogP contribution in [0.3, 0.4) is 0 Å². The van der Waals surface area contributed by atoms with Gasteiger partial charge >= 0.3 is 0 Å². The summed E-state index contributed by atoms with van der Waals surface area (Å²) in [4.78, 5) is 17.2. The number of hydrogen-bond acceptors (Lipinski definition) is 4. The van der Waals surface area contributed by atoms with Crippen molar-refractivity contribution in [3.8, 4) is 5.88 Å². The topological polar surface area (TPSA) is 75.2 Å². The summed E-state index contributed by atoms with van der Waals surface area (Å²) in [7, 11) is 0. The Labute approximate surface area is 82.9 Å². The highest BCUT2D eigenvalue weighted by molar-refractivity contribution is 9.10. The maximum Gasteiger partial charge on any atom is 0.268 e. The van der Waals surface area contributed by atoms with Crippen molar-refractivity contribution in [1.29, 1.82) is 0 Å². The number of ether oxygens (including phenoxy) is 1. The van der Waals surface area contributed by atoms with Crippen molar-refractivity contribution in [2.75, 3.05) is 13.2 Å². The first-order chi connectivity index (χ1) is 6.25. The van der Waals surface area contributed by atoms with Crippen molar-refractivity contribution in [1.82, 2.24) is 9.97 Å². The second kappa shape index (κ2) is 4.98. The molecule has 0 spiro atoms. The number of nitrogens with zero attached hydrogens (tertiary/aromatic N) is 1. The van der Waals surface area contributed by atoms with Crippen LogP contribution in [0.1, 0.15) is 6.42 Å². The van der Waals surface area contributed by atoms with Gasteiger partial charge < -0.3 is 14.8 Å². The third kappa shape index (κ3) is 2.82. The Hall–Kier alpha value is -0.880. The van der Waals surface area contributed by atoms with Gasteiger partial charge in [-0.1, -0.05) is 0 Å². The normalized spacial score (nSPS) is 10.0. The quantitative estimate of drug-likeness (QED) is 0.752. The molecule has 2 N–H and O–H groups in total. The summed E-state index contributed by atoms with van der Waals surface area (Å²) in [5.41, 5.74) is -0.283. The molecule has 1 aromatic rings. The van der Waals surface area contributed by atoms with E-state index < -0.39 is 0 Å². The van der Waals surface area contributed by atoms with E-state index in [2.05, 4.69) is 25.9 Å². The van der Waals surface area contributed by atoms with Crippen LogP contribution in [0.5, 0.6) is 5.88 Å². The maximum absolute atomic E-state index is 11.0. The summed E-state index contributed by atoms with van der Waals surface area (Å²) in [5, 5.41) is 8.49. The van der Waals surface area contributed by atoms with Crippen molar-refractivity contribution in [3.05, 3.63) is 21.2 Å². The second-order valence-corrected chi connectivity index (χ2v) is 3.07. The number of aliphatic hydroxyl groups is 1. The summed E-state index contributed by atoms with van der Waals surface area (Å²) in [6, 6.07) is 0. The van der Waals surface area contributed by atoms with Gasteiger partial charge in [-0.05, 0) is 15.9 Å². The number of aromatic amines is 1. The van der Waals surface area contributed by atoms with E-state index in [0.29, 0.717) is 13.0 Å². The van der Waals surface area contributed by atoms with E-state index in [0.717, 1.165) is 0 Å². The molecule has 1 aromatic heterocycles. The average molecular weight is 249 g/mol. The fourth-order valence-corrected chi connectivity index (χ4v) is 1.03. The Kier molecular flexibility index (Phi) is 3.91. The van der Waals surface area contributed by atoms with E-state index in [-0.39, 0.29) is 22.5 Å². The number of nitrogens with one attached hydrogen (secondary N) is 1. The summed E-state index contributed by atoms with van der Waals surface area (Å²) >= 11 is 3.04. The summed E-state index contributed by atoms with van der Waals surface area (Å²) < 4.78 is 5.39. The standard InChI is InChI=1S/C7H9BrN2O3/c8-5-6(12)9-4-10-7(5)13-3-1-2-11/h4,11H,1-3H2,(H,9,10,12).